The molecule has 0 bridgehead atoms. The largest absolute Gasteiger partial charge is 0.344 e. The second-order valence-corrected chi connectivity index (χ2v) is 5.29. The molecule has 1 aliphatic rings. The van der Waals surface area contributed by atoms with Crippen molar-refractivity contribution in [2.45, 2.75) is 51.9 Å². The minimum absolute atomic E-state index is 0.0718. The molecule has 1 amide bonds. The van der Waals surface area contributed by atoms with E-state index in [1.807, 2.05) is 14.0 Å². The van der Waals surface area contributed by atoms with Crippen LogP contribution in [0.2, 0.25) is 0 Å². The summed E-state index contributed by atoms with van der Waals surface area (Å²) in [5.74, 6) is 0.373. The van der Waals surface area contributed by atoms with Crippen LogP contribution in [-0.4, -0.2) is 24.4 Å². The topological polar surface area (TPSA) is 44.1 Å². The van der Waals surface area contributed by atoms with Crippen molar-refractivity contribution < 1.29 is 4.79 Å². The summed E-state index contributed by atoms with van der Waals surface area (Å²) in [7, 11) is 1.83. The number of nitrogens with zero attached hydrogens (tertiary/aromatic N) is 2. The smallest absolute Gasteiger partial charge is 0.225 e. The lowest BCUT2D eigenvalue weighted by Crippen LogP contribution is -2.36. The van der Waals surface area contributed by atoms with Crippen molar-refractivity contribution in [3.63, 3.8) is 0 Å². The van der Waals surface area contributed by atoms with Crippen molar-refractivity contribution >= 4 is 5.91 Å². The summed E-state index contributed by atoms with van der Waals surface area (Å²) in [4.78, 5) is 14.0. The van der Waals surface area contributed by atoms with Crippen LogP contribution in [0, 0.1) is 23.2 Å². The Morgan fingerprint density at radius 1 is 1.29 bits per heavy atom. The van der Waals surface area contributed by atoms with Gasteiger partial charge in [0.25, 0.3) is 0 Å². The highest BCUT2D eigenvalue weighted by molar-refractivity contribution is 5.78. The number of hydrogen-bond acceptors (Lipinski definition) is 2. The van der Waals surface area contributed by atoms with E-state index in [0.29, 0.717) is 6.54 Å². The van der Waals surface area contributed by atoms with Crippen molar-refractivity contribution in [2.24, 2.45) is 11.8 Å². The summed E-state index contributed by atoms with van der Waals surface area (Å²) in [6.07, 6.45) is 8.27. The number of carbonyl (C=O) groups is 1. The van der Waals surface area contributed by atoms with Crippen LogP contribution in [0.4, 0.5) is 0 Å². The van der Waals surface area contributed by atoms with Gasteiger partial charge < -0.3 is 4.90 Å². The molecule has 0 spiro atoms. The molecule has 0 N–H and O–H groups in total. The maximum atomic E-state index is 12.2. The highest BCUT2D eigenvalue weighted by Gasteiger charge is 2.23. The summed E-state index contributed by atoms with van der Waals surface area (Å²) < 4.78 is 0. The fourth-order valence-corrected chi connectivity index (χ4v) is 2.56. The molecule has 3 nitrogen and oxygen atoms in total. The Hall–Kier alpha value is -1.04. The van der Waals surface area contributed by atoms with E-state index in [0.717, 1.165) is 12.8 Å². The Labute approximate surface area is 105 Å². The van der Waals surface area contributed by atoms with E-state index in [9.17, 15) is 4.79 Å². The molecule has 0 aliphatic heterocycles. The molecule has 3 heteroatoms. The van der Waals surface area contributed by atoms with Gasteiger partial charge in [0.05, 0.1) is 12.0 Å². The maximum Gasteiger partial charge on any atom is 0.225 e. The monoisotopic (exact) mass is 236 g/mol. The number of hydrogen-bond donors (Lipinski definition) is 0. The van der Waals surface area contributed by atoms with E-state index in [1.54, 1.807) is 4.90 Å². The lowest BCUT2D eigenvalue weighted by Gasteiger charge is -2.25. The van der Waals surface area contributed by atoms with Crippen LogP contribution < -0.4 is 0 Å². The Balaban J connectivity index is 2.46. The van der Waals surface area contributed by atoms with Crippen LogP contribution >= 0.6 is 0 Å². The highest BCUT2D eigenvalue weighted by Crippen LogP contribution is 2.23. The van der Waals surface area contributed by atoms with Crippen LogP contribution in [0.3, 0.4) is 0 Å². The highest BCUT2D eigenvalue weighted by atomic mass is 16.2. The number of nitriles is 1. The normalized spacial score (nSPS) is 19.8. The lowest BCUT2D eigenvalue weighted by atomic mass is 9.90. The lowest BCUT2D eigenvalue weighted by molar-refractivity contribution is -0.135. The van der Waals surface area contributed by atoms with Gasteiger partial charge in [0.2, 0.25) is 5.91 Å². The molecule has 1 atom stereocenters. The maximum absolute atomic E-state index is 12.2. The summed E-state index contributed by atoms with van der Waals surface area (Å²) in [5, 5.41) is 8.77. The van der Waals surface area contributed by atoms with Crippen molar-refractivity contribution in [3.8, 4) is 6.07 Å². The summed E-state index contributed by atoms with van der Waals surface area (Å²) in [6.45, 7) is 2.42. The van der Waals surface area contributed by atoms with E-state index < -0.39 is 0 Å². The molecule has 1 unspecified atom stereocenters. The summed E-state index contributed by atoms with van der Waals surface area (Å²) in [6, 6.07) is 2.18. The first-order valence-electron chi connectivity index (χ1n) is 6.79. The first kappa shape index (κ1) is 14.0. The van der Waals surface area contributed by atoms with E-state index >= 15 is 0 Å². The fraction of sp³-hybridized carbons (Fsp3) is 0.857. The molecule has 1 aliphatic carbocycles. The molecule has 96 valence electrons. The summed E-state index contributed by atoms with van der Waals surface area (Å²) >= 11 is 0. The second-order valence-electron chi connectivity index (χ2n) is 5.29. The molecule has 0 saturated heterocycles. The third-order valence-electron chi connectivity index (χ3n) is 3.60. The Bertz CT molecular complexity index is 274. The molecule has 0 aromatic heterocycles. The Morgan fingerprint density at radius 3 is 2.35 bits per heavy atom. The Kier molecular flexibility index (Phi) is 6.04. The van der Waals surface area contributed by atoms with Gasteiger partial charge >= 0.3 is 0 Å². The van der Waals surface area contributed by atoms with Gasteiger partial charge in [-0.1, -0.05) is 32.1 Å². The zero-order valence-electron chi connectivity index (χ0n) is 11.1. The zero-order chi connectivity index (χ0) is 12.7. The van der Waals surface area contributed by atoms with Crippen molar-refractivity contribution in [2.75, 3.05) is 13.6 Å². The van der Waals surface area contributed by atoms with E-state index in [2.05, 4.69) is 6.07 Å². The average molecular weight is 236 g/mol. The van der Waals surface area contributed by atoms with E-state index in [-0.39, 0.29) is 17.7 Å². The number of rotatable bonds is 3. The minimum Gasteiger partial charge on any atom is -0.344 e. The SMILES string of the molecule is CC(C#N)CN(C)C(=O)C1CCCCCCC1. The van der Waals surface area contributed by atoms with Crippen LogP contribution in [0.5, 0.6) is 0 Å². The van der Waals surface area contributed by atoms with Gasteiger partial charge in [0.15, 0.2) is 0 Å². The van der Waals surface area contributed by atoms with Gasteiger partial charge in [-0.2, -0.15) is 5.26 Å². The van der Waals surface area contributed by atoms with E-state index in [1.165, 1.54) is 32.1 Å². The molecule has 0 aromatic carbocycles. The van der Waals surface area contributed by atoms with Crippen LogP contribution in [0.15, 0.2) is 0 Å². The third kappa shape index (κ3) is 4.77. The number of carbonyl (C=O) groups excluding carboxylic acids is 1. The van der Waals surface area contributed by atoms with Gasteiger partial charge in [0.1, 0.15) is 0 Å². The van der Waals surface area contributed by atoms with E-state index in [4.69, 9.17) is 5.26 Å². The molecule has 0 radical (unpaired) electrons. The first-order chi connectivity index (χ1) is 8.15. The van der Waals surface area contributed by atoms with Gasteiger partial charge in [-0.3, -0.25) is 4.79 Å². The van der Waals surface area contributed by atoms with Crippen molar-refractivity contribution in [1.82, 2.24) is 4.90 Å². The number of amides is 1. The first-order valence-corrected chi connectivity index (χ1v) is 6.79. The molecule has 1 fully saturated rings. The van der Waals surface area contributed by atoms with Gasteiger partial charge in [-0.15, -0.1) is 0 Å². The quantitative estimate of drug-likeness (QED) is 0.756. The average Bonchev–Trinajstić information content (AvgIpc) is 2.27. The fourth-order valence-electron chi connectivity index (χ4n) is 2.56. The third-order valence-corrected chi connectivity index (χ3v) is 3.60. The molecular weight excluding hydrogens is 212 g/mol. The van der Waals surface area contributed by atoms with Crippen molar-refractivity contribution in [1.29, 1.82) is 5.26 Å². The molecule has 17 heavy (non-hydrogen) atoms. The van der Waals surface area contributed by atoms with Crippen LogP contribution in [-0.2, 0) is 4.79 Å². The Morgan fingerprint density at radius 2 is 1.82 bits per heavy atom. The van der Waals surface area contributed by atoms with Crippen LogP contribution in [0.25, 0.3) is 0 Å². The van der Waals surface area contributed by atoms with Crippen LogP contribution in [0.1, 0.15) is 51.9 Å². The molecule has 0 heterocycles. The molecule has 1 saturated carbocycles. The molecular formula is C14H24N2O. The summed E-state index contributed by atoms with van der Waals surface area (Å²) in [5.41, 5.74) is 0. The minimum atomic E-state index is -0.0718. The predicted molar refractivity (Wildman–Crippen MR) is 68.2 cm³/mol. The van der Waals surface area contributed by atoms with Gasteiger partial charge in [-0.25, -0.2) is 0 Å². The second kappa shape index (κ2) is 7.32. The molecule has 0 aromatic rings. The van der Waals surface area contributed by atoms with Gasteiger partial charge in [-0.05, 0) is 19.8 Å². The van der Waals surface area contributed by atoms with Gasteiger partial charge in [0, 0.05) is 19.5 Å². The predicted octanol–water partition coefficient (Wildman–Crippen LogP) is 2.96. The van der Waals surface area contributed by atoms with Crippen molar-refractivity contribution in [3.05, 3.63) is 0 Å². The standard InChI is InChI=1S/C14H24N2O/c1-12(10-15)11-16(2)14(17)13-8-6-4-3-5-7-9-13/h12-13H,3-9,11H2,1-2H3. The zero-order valence-corrected chi connectivity index (χ0v) is 11.1. The molecule has 1 rings (SSSR count).